The van der Waals surface area contributed by atoms with Crippen molar-refractivity contribution in [3.05, 3.63) is 0 Å². The van der Waals surface area contributed by atoms with E-state index in [0.717, 1.165) is 0 Å². The van der Waals surface area contributed by atoms with Gasteiger partial charge >= 0.3 is 5.97 Å². The Kier molecular flexibility index (Phi) is 2.41. The van der Waals surface area contributed by atoms with Crippen LogP contribution in [-0.4, -0.2) is 21.8 Å². The van der Waals surface area contributed by atoms with E-state index >= 15 is 0 Å². The first-order valence-electron chi connectivity index (χ1n) is 4.73. The molecule has 0 heterocycles. The predicted molar refractivity (Wildman–Crippen MR) is 49.4 cm³/mol. The van der Waals surface area contributed by atoms with Crippen LogP contribution in [0.1, 0.15) is 40.0 Å². The van der Waals surface area contributed by atoms with Crippen molar-refractivity contribution in [3.63, 3.8) is 0 Å². The van der Waals surface area contributed by atoms with Crippen LogP contribution in [-0.2, 0) is 4.79 Å². The summed E-state index contributed by atoms with van der Waals surface area (Å²) in [5.74, 6) is -0.389. The number of aliphatic hydroxyl groups is 1. The molecule has 76 valence electrons. The fourth-order valence-corrected chi connectivity index (χ4v) is 2.57. The second-order valence-corrected chi connectivity index (χ2v) is 5.03. The Morgan fingerprint density at radius 2 is 1.92 bits per heavy atom. The monoisotopic (exact) mass is 186 g/mol. The number of carbonyl (C=O) groups is 1. The topological polar surface area (TPSA) is 57.5 Å². The number of hydrogen-bond donors (Lipinski definition) is 2. The van der Waals surface area contributed by atoms with Crippen LogP contribution in [0.2, 0.25) is 0 Å². The van der Waals surface area contributed by atoms with Gasteiger partial charge in [-0.25, -0.2) is 0 Å². The van der Waals surface area contributed by atoms with Crippen molar-refractivity contribution in [3.8, 4) is 0 Å². The van der Waals surface area contributed by atoms with Crippen LogP contribution in [0.4, 0.5) is 0 Å². The quantitative estimate of drug-likeness (QED) is 0.704. The van der Waals surface area contributed by atoms with Gasteiger partial charge in [0.1, 0.15) is 0 Å². The Labute approximate surface area is 78.8 Å². The van der Waals surface area contributed by atoms with Gasteiger partial charge in [-0.1, -0.05) is 13.8 Å². The molecule has 13 heavy (non-hydrogen) atoms. The minimum Gasteiger partial charge on any atom is -0.481 e. The van der Waals surface area contributed by atoms with Crippen LogP contribution in [0.3, 0.4) is 0 Å². The van der Waals surface area contributed by atoms with E-state index in [9.17, 15) is 9.90 Å². The fourth-order valence-electron chi connectivity index (χ4n) is 2.57. The zero-order chi connectivity index (χ0) is 10.3. The van der Waals surface area contributed by atoms with E-state index in [-0.39, 0.29) is 0 Å². The summed E-state index contributed by atoms with van der Waals surface area (Å²) < 4.78 is 0. The molecule has 0 aromatic heterocycles. The number of carboxylic acid groups (broad SMARTS) is 1. The summed E-state index contributed by atoms with van der Waals surface area (Å²) in [4.78, 5) is 11.0. The van der Waals surface area contributed by atoms with Crippen molar-refractivity contribution in [2.45, 2.75) is 45.6 Å². The highest BCUT2D eigenvalue weighted by atomic mass is 16.4. The Balaban J connectivity index is 2.66. The molecule has 3 nitrogen and oxygen atoms in total. The molecule has 2 N–H and O–H groups in total. The molecule has 1 aliphatic carbocycles. The molecule has 0 unspecified atom stereocenters. The van der Waals surface area contributed by atoms with E-state index in [4.69, 9.17) is 5.11 Å². The standard InChI is InChI=1S/C10H18O3/c1-7(2)4-10(8(11)12)5-9(3,13)6-10/h7,13H,4-6H2,1-3H3,(H,11,12). The zero-order valence-electron chi connectivity index (χ0n) is 8.50. The molecule has 0 radical (unpaired) electrons. The third-order valence-corrected chi connectivity index (χ3v) is 2.69. The summed E-state index contributed by atoms with van der Waals surface area (Å²) >= 11 is 0. The summed E-state index contributed by atoms with van der Waals surface area (Å²) in [7, 11) is 0. The molecule has 1 fully saturated rings. The molecule has 1 aliphatic rings. The largest absolute Gasteiger partial charge is 0.481 e. The van der Waals surface area contributed by atoms with Crippen LogP contribution < -0.4 is 0 Å². The third-order valence-electron chi connectivity index (χ3n) is 2.69. The smallest absolute Gasteiger partial charge is 0.309 e. The molecule has 0 aromatic rings. The molecule has 0 aliphatic heterocycles. The highest BCUT2D eigenvalue weighted by molar-refractivity contribution is 5.76. The van der Waals surface area contributed by atoms with Crippen molar-refractivity contribution in [1.82, 2.24) is 0 Å². The van der Waals surface area contributed by atoms with Gasteiger partial charge in [-0.05, 0) is 32.1 Å². The maximum Gasteiger partial charge on any atom is 0.309 e. The summed E-state index contributed by atoms with van der Waals surface area (Å²) in [6.07, 6.45) is 1.46. The van der Waals surface area contributed by atoms with Crippen molar-refractivity contribution >= 4 is 5.97 Å². The summed E-state index contributed by atoms with van der Waals surface area (Å²) in [6.45, 7) is 5.73. The van der Waals surface area contributed by atoms with E-state index in [1.807, 2.05) is 13.8 Å². The lowest BCUT2D eigenvalue weighted by Gasteiger charge is -2.49. The van der Waals surface area contributed by atoms with E-state index in [0.29, 0.717) is 25.2 Å². The zero-order valence-corrected chi connectivity index (χ0v) is 8.50. The Hall–Kier alpha value is -0.570. The summed E-state index contributed by atoms with van der Waals surface area (Å²) in [6, 6.07) is 0. The van der Waals surface area contributed by atoms with Crippen molar-refractivity contribution < 1.29 is 15.0 Å². The molecule has 3 heteroatoms. The maximum atomic E-state index is 11.0. The minimum atomic E-state index is -0.757. The molecule has 0 aromatic carbocycles. The lowest BCUT2D eigenvalue weighted by Crippen LogP contribution is -2.54. The molecule has 0 bridgehead atoms. The molecular formula is C10H18O3. The van der Waals surface area contributed by atoms with Crippen molar-refractivity contribution in [2.75, 3.05) is 0 Å². The fraction of sp³-hybridized carbons (Fsp3) is 0.900. The first-order chi connectivity index (χ1) is 5.77. The Morgan fingerprint density at radius 3 is 2.15 bits per heavy atom. The first kappa shape index (κ1) is 10.5. The molecule has 1 saturated carbocycles. The SMILES string of the molecule is CC(C)CC1(C(=O)O)CC(C)(O)C1. The van der Waals surface area contributed by atoms with E-state index in [2.05, 4.69) is 0 Å². The van der Waals surface area contributed by atoms with Gasteiger partial charge in [0, 0.05) is 0 Å². The van der Waals surface area contributed by atoms with E-state index < -0.39 is 17.0 Å². The van der Waals surface area contributed by atoms with Gasteiger partial charge in [0.05, 0.1) is 11.0 Å². The molecule has 0 saturated heterocycles. The van der Waals surface area contributed by atoms with Crippen LogP contribution >= 0.6 is 0 Å². The van der Waals surface area contributed by atoms with Gasteiger partial charge in [-0.2, -0.15) is 0 Å². The molecule has 0 spiro atoms. The average molecular weight is 186 g/mol. The Bertz CT molecular complexity index is 205. The number of carboxylic acids is 1. The maximum absolute atomic E-state index is 11.0. The third kappa shape index (κ3) is 2.02. The Morgan fingerprint density at radius 1 is 1.46 bits per heavy atom. The molecule has 1 rings (SSSR count). The number of hydrogen-bond acceptors (Lipinski definition) is 2. The molecular weight excluding hydrogens is 168 g/mol. The van der Waals surface area contributed by atoms with Gasteiger partial charge in [-0.15, -0.1) is 0 Å². The summed E-state index contributed by atoms with van der Waals surface area (Å²) in [5.41, 5.74) is -1.41. The predicted octanol–water partition coefficient (Wildman–Crippen LogP) is 1.65. The van der Waals surface area contributed by atoms with Gasteiger partial charge in [-0.3, -0.25) is 4.79 Å². The van der Waals surface area contributed by atoms with Gasteiger partial charge in [0.2, 0.25) is 0 Å². The van der Waals surface area contributed by atoms with Gasteiger partial charge in [0.25, 0.3) is 0 Å². The van der Waals surface area contributed by atoms with Crippen LogP contribution in [0.15, 0.2) is 0 Å². The molecule has 0 atom stereocenters. The number of aliphatic carboxylic acids is 1. The highest BCUT2D eigenvalue weighted by Gasteiger charge is 2.56. The van der Waals surface area contributed by atoms with E-state index in [1.54, 1.807) is 6.92 Å². The lowest BCUT2D eigenvalue weighted by molar-refractivity contribution is -0.180. The summed E-state index contributed by atoms with van der Waals surface area (Å²) in [5, 5.41) is 18.6. The van der Waals surface area contributed by atoms with Crippen LogP contribution in [0.25, 0.3) is 0 Å². The second kappa shape index (κ2) is 2.98. The highest BCUT2D eigenvalue weighted by Crippen LogP contribution is 2.52. The van der Waals surface area contributed by atoms with Crippen molar-refractivity contribution in [1.29, 1.82) is 0 Å². The van der Waals surface area contributed by atoms with E-state index in [1.165, 1.54) is 0 Å². The number of rotatable bonds is 3. The second-order valence-electron chi connectivity index (χ2n) is 5.03. The average Bonchev–Trinajstić information content (AvgIpc) is 1.80. The van der Waals surface area contributed by atoms with Gasteiger partial charge in [0.15, 0.2) is 0 Å². The first-order valence-corrected chi connectivity index (χ1v) is 4.73. The van der Waals surface area contributed by atoms with Crippen LogP contribution in [0, 0.1) is 11.3 Å². The molecule has 0 amide bonds. The van der Waals surface area contributed by atoms with Gasteiger partial charge < -0.3 is 10.2 Å². The normalized spacial score (nSPS) is 38.8. The van der Waals surface area contributed by atoms with Crippen molar-refractivity contribution in [2.24, 2.45) is 11.3 Å². The van der Waals surface area contributed by atoms with Crippen LogP contribution in [0.5, 0.6) is 0 Å². The lowest BCUT2D eigenvalue weighted by atomic mass is 9.57. The minimum absolute atomic E-state index is 0.368.